The van der Waals surface area contributed by atoms with Crippen LogP contribution in [0.15, 0.2) is 0 Å². The van der Waals surface area contributed by atoms with Crippen molar-refractivity contribution in [1.29, 1.82) is 0 Å². The Morgan fingerprint density at radius 3 is 2.59 bits per heavy atom. The molecule has 1 fully saturated rings. The predicted molar refractivity (Wildman–Crippen MR) is 65.5 cm³/mol. The Hall–Kier alpha value is -1.14. The molecule has 0 saturated heterocycles. The van der Waals surface area contributed by atoms with Gasteiger partial charge in [-0.2, -0.15) is 0 Å². The van der Waals surface area contributed by atoms with Crippen LogP contribution < -0.4 is 16.4 Å². The molecule has 98 valence electrons. The molecule has 1 saturated carbocycles. The molecule has 1 aliphatic carbocycles. The van der Waals surface area contributed by atoms with E-state index in [1.54, 1.807) is 6.92 Å². The first kappa shape index (κ1) is 13.9. The summed E-state index contributed by atoms with van der Waals surface area (Å²) in [6.45, 7) is 6.55. The van der Waals surface area contributed by atoms with Crippen molar-refractivity contribution in [3.8, 4) is 0 Å². The highest BCUT2D eigenvalue weighted by Gasteiger charge is 2.27. The molecular formula is C11H22N4O2. The average Bonchev–Trinajstić information content (AvgIpc) is 3.07. The van der Waals surface area contributed by atoms with Gasteiger partial charge in [-0.1, -0.05) is 6.92 Å². The standard InChI is InChI=1S/C11H22N4O2/c1-3-15(9-4-5-9)7-6-13-8(2)10(16)14-11(12)17/h8-9,13H,3-7H2,1-2H3,(H3,12,14,16,17). The fourth-order valence-corrected chi connectivity index (χ4v) is 1.79. The molecule has 0 bridgehead atoms. The number of carbonyl (C=O) groups is 2. The Kier molecular flexibility index (Phi) is 5.37. The van der Waals surface area contributed by atoms with Crippen LogP contribution in [0.25, 0.3) is 0 Å². The first-order valence-electron chi connectivity index (χ1n) is 6.12. The number of primary amides is 1. The number of carbonyl (C=O) groups excluding carboxylic acids is 2. The molecule has 0 aromatic heterocycles. The maximum absolute atomic E-state index is 11.4. The third-order valence-corrected chi connectivity index (χ3v) is 2.96. The van der Waals surface area contributed by atoms with Gasteiger partial charge in [-0.25, -0.2) is 4.79 Å². The lowest BCUT2D eigenvalue weighted by Gasteiger charge is -2.21. The Balaban J connectivity index is 2.16. The largest absolute Gasteiger partial charge is 0.351 e. The molecule has 0 aliphatic heterocycles. The number of hydrogen-bond donors (Lipinski definition) is 3. The summed E-state index contributed by atoms with van der Waals surface area (Å²) in [4.78, 5) is 24.2. The maximum atomic E-state index is 11.4. The molecule has 3 amide bonds. The molecule has 0 radical (unpaired) electrons. The van der Waals surface area contributed by atoms with E-state index < -0.39 is 12.1 Å². The lowest BCUT2D eigenvalue weighted by molar-refractivity contribution is -0.121. The SMILES string of the molecule is CCN(CCNC(C)C(=O)NC(N)=O)C1CC1. The third-order valence-electron chi connectivity index (χ3n) is 2.96. The fourth-order valence-electron chi connectivity index (χ4n) is 1.79. The average molecular weight is 242 g/mol. The van der Waals surface area contributed by atoms with Crippen LogP contribution in [0, 0.1) is 0 Å². The first-order chi connectivity index (χ1) is 8.04. The van der Waals surface area contributed by atoms with Crippen LogP contribution in [-0.4, -0.2) is 48.6 Å². The zero-order valence-corrected chi connectivity index (χ0v) is 10.5. The highest BCUT2D eigenvalue weighted by Crippen LogP contribution is 2.25. The number of amides is 3. The smallest absolute Gasteiger partial charge is 0.318 e. The molecule has 6 nitrogen and oxygen atoms in total. The predicted octanol–water partition coefficient (Wildman–Crippen LogP) is -0.356. The molecule has 0 aromatic carbocycles. The van der Waals surface area contributed by atoms with E-state index in [0.29, 0.717) is 0 Å². The van der Waals surface area contributed by atoms with Crippen LogP contribution in [-0.2, 0) is 4.79 Å². The topological polar surface area (TPSA) is 87.5 Å². The Bertz CT molecular complexity index is 279. The molecule has 0 aromatic rings. The quantitative estimate of drug-likeness (QED) is 0.569. The normalized spacial score (nSPS) is 16.9. The van der Waals surface area contributed by atoms with Crippen molar-refractivity contribution in [2.45, 2.75) is 38.8 Å². The van der Waals surface area contributed by atoms with Gasteiger partial charge in [0.05, 0.1) is 6.04 Å². The van der Waals surface area contributed by atoms with E-state index >= 15 is 0 Å². The number of rotatable bonds is 7. The van der Waals surface area contributed by atoms with E-state index in [1.807, 2.05) is 0 Å². The molecule has 17 heavy (non-hydrogen) atoms. The van der Waals surface area contributed by atoms with Crippen molar-refractivity contribution in [3.63, 3.8) is 0 Å². The maximum Gasteiger partial charge on any atom is 0.318 e. The molecule has 1 atom stereocenters. The van der Waals surface area contributed by atoms with Crippen molar-refractivity contribution in [1.82, 2.24) is 15.5 Å². The van der Waals surface area contributed by atoms with Gasteiger partial charge in [0.15, 0.2) is 0 Å². The fraction of sp³-hybridized carbons (Fsp3) is 0.818. The number of imide groups is 1. The summed E-state index contributed by atoms with van der Waals surface area (Å²) in [6, 6.07) is -0.478. The molecular weight excluding hydrogens is 220 g/mol. The van der Waals surface area contributed by atoms with Crippen molar-refractivity contribution in [2.75, 3.05) is 19.6 Å². The minimum atomic E-state index is -0.809. The molecule has 1 unspecified atom stereocenters. The first-order valence-corrected chi connectivity index (χ1v) is 6.12. The van der Waals surface area contributed by atoms with Gasteiger partial charge in [0, 0.05) is 19.1 Å². The number of nitrogens with zero attached hydrogens (tertiary/aromatic N) is 1. The van der Waals surface area contributed by atoms with E-state index in [-0.39, 0.29) is 5.91 Å². The summed E-state index contributed by atoms with van der Waals surface area (Å²) in [5.74, 6) is -0.382. The zero-order chi connectivity index (χ0) is 12.8. The van der Waals surface area contributed by atoms with Gasteiger partial charge in [0.1, 0.15) is 0 Å². The zero-order valence-electron chi connectivity index (χ0n) is 10.5. The van der Waals surface area contributed by atoms with E-state index in [1.165, 1.54) is 12.8 Å². The van der Waals surface area contributed by atoms with E-state index in [4.69, 9.17) is 5.73 Å². The van der Waals surface area contributed by atoms with Gasteiger partial charge in [-0.15, -0.1) is 0 Å². The molecule has 0 heterocycles. The van der Waals surface area contributed by atoms with Crippen LogP contribution in [0.2, 0.25) is 0 Å². The van der Waals surface area contributed by atoms with Gasteiger partial charge in [-0.3, -0.25) is 15.0 Å². The summed E-state index contributed by atoms with van der Waals surface area (Å²) < 4.78 is 0. The van der Waals surface area contributed by atoms with Gasteiger partial charge in [-0.05, 0) is 26.3 Å². The summed E-state index contributed by atoms with van der Waals surface area (Å²) in [5, 5.41) is 5.13. The van der Waals surface area contributed by atoms with E-state index in [0.717, 1.165) is 25.7 Å². The Morgan fingerprint density at radius 1 is 1.47 bits per heavy atom. The second-order valence-corrected chi connectivity index (χ2v) is 4.39. The van der Waals surface area contributed by atoms with Crippen molar-refractivity contribution >= 4 is 11.9 Å². The lowest BCUT2D eigenvalue weighted by atomic mass is 10.3. The van der Waals surface area contributed by atoms with Crippen LogP contribution in [0.4, 0.5) is 4.79 Å². The summed E-state index contributed by atoms with van der Waals surface area (Å²) in [6.07, 6.45) is 2.57. The van der Waals surface area contributed by atoms with Crippen LogP contribution in [0.3, 0.4) is 0 Å². The van der Waals surface area contributed by atoms with E-state index in [9.17, 15) is 9.59 Å². The number of nitrogens with two attached hydrogens (primary N) is 1. The van der Waals surface area contributed by atoms with Crippen molar-refractivity contribution in [3.05, 3.63) is 0 Å². The second kappa shape index (κ2) is 6.56. The van der Waals surface area contributed by atoms with Gasteiger partial charge < -0.3 is 11.1 Å². The second-order valence-electron chi connectivity index (χ2n) is 4.39. The minimum Gasteiger partial charge on any atom is -0.351 e. The molecule has 6 heteroatoms. The van der Waals surface area contributed by atoms with Crippen molar-refractivity contribution < 1.29 is 9.59 Å². The minimum absolute atomic E-state index is 0.382. The molecule has 0 spiro atoms. The van der Waals surface area contributed by atoms with Gasteiger partial charge >= 0.3 is 6.03 Å². The highest BCUT2D eigenvalue weighted by molar-refractivity contribution is 5.96. The van der Waals surface area contributed by atoms with Crippen LogP contribution >= 0.6 is 0 Å². The lowest BCUT2D eigenvalue weighted by Crippen LogP contribution is -2.48. The summed E-state index contributed by atoms with van der Waals surface area (Å²) in [7, 11) is 0. The third kappa shape index (κ3) is 5.14. The monoisotopic (exact) mass is 242 g/mol. The van der Waals surface area contributed by atoms with Gasteiger partial charge in [0.25, 0.3) is 0 Å². The molecule has 1 aliphatic rings. The van der Waals surface area contributed by atoms with Gasteiger partial charge in [0.2, 0.25) is 5.91 Å². The van der Waals surface area contributed by atoms with E-state index in [2.05, 4.69) is 22.5 Å². The highest BCUT2D eigenvalue weighted by atomic mass is 16.2. The Labute approximate surface area is 102 Å². The Morgan fingerprint density at radius 2 is 2.12 bits per heavy atom. The van der Waals surface area contributed by atoms with Crippen LogP contribution in [0.5, 0.6) is 0 Å². The summed E-state index contributed by atoms with van der Waals surface area (Å²) in [5.41, 5.74) is 4.87. The number of hydrogen-bond acceptors (Lipinski definition) is 4. The molecule has 1 rings (SSSR count). The molecule has 4 N–H and O–H groups in total. The van der Waals surface area contributed by atoms with Crippen molar-refractivity contribution in [2.24, 2.45) is 5.73 Å². The number of urea groups is 1. The van der Waals surface area contributed by atoms with Crippen LogP contribution in [0.1, 0.15) is 26.7 Å². The number of nitrogens with one attached hydrogen (secondary N) is 2. The summed E-state index contributed by atoms with van der Waals surface area (Å²) >= 11 is 0. The number of likely N-dealkylation sites (N-methyl/N-ethyl adjacent to an activating group) is 1.